The van der Waals surface area contributed by atoms with E-state index >= 15 is 0 Å². The topological polar surface area (TPSA) is 209 Å². The van der Waals surface area contributed by atoms with Crippen LogP contribution in [-0.4, -0.2) is 87.9 Å². The molecule has 0 heterocycles. The lowest BCUT2D eigenvalue weighted by Gasteiger charge is -2.56. The SMILES string of the molecule is CC(C)C[C@@H](/C=C\S(C)(=O)=O)NC(=O)[C@H](CC(C)C)NC(=O)[C@H](CC(C)C)NC(=O)CCCCCNC(=O)CCCCCNC(=O)CCCCCNC(=O)CC12CC3CC(CC(C3)C1)C2. The molecular weight excluding hydrogens is 845 g/mol. The molecule has 0 spiro atoms. The average molecular weight is 933 g/mol. The minimum Gasteiger partial charge on any atom is -0.356 e. The maximum Gasteiger partial charge on any atom is 0.243 e. The highest BCUT2D eigenvalue weighted by Gasteiger charge is 2.51. The fraction of sp³-hybridized carbons (Fsp3) is 0.840. The van der Waals surface area contributed by atoms with Gasteiger partial charge in [0.1, 0.15) is 12.1 Å². The van der Waals surface area contributed by atoms with Crippen molar-refractivity contribution in [1.29, 1.82) is 0 Å². The third-order valence-corrected chi connectivity index (χ3v) is 13.9. The average Bonchev–Trinajstić information content (AvgIpc) is 3.18. The first kappa shape index (κ1) is 55.8. The molecule has 65 heavy (non-hydrogen) atoms. The summed E-state index contributed by atoms with van der Waals surface area (Å²) in [5, 5.41) is 18.8. The smallest absolute Gasteiger partial charge is 0.243 e. The molecule has 0 radical (unpaired) electrons. The van der Waals surface area contributed by atoms with Gasteiger partial charge in [0.15, 0.2) is 9.84 Å². The molecule has 6 N–H and O–H groups in total. The van der Waals surface area contributed by atoms with Gasteiger partial charge in [0, 0.05) is 63.0 Å². The third kappa shape index (κ3) is 23.7. The van der Waals surface area contributed by atoms with E-state index in [1.54, 1.807) is 0 Å². The molecule has 0 unspecified atom stereocenters. The largest absolute Gasteiger partial charge is 0.356 e. The quantitative estimate of drug-likeness (QED) is 0.0386. The summed E-state index contributed by atoms with van der Waals surface area (Å²) >= 11 is 0. The first-order valence-electron chi connectivity index (χ1n) is 25.3. The Hall–Kier alpha value is -3.49. The molecule has 15 heteroatoms. The van der Waals surface area contributed by atoms with Crippen LogP contribution in [0.2, 0.25) is 0 Å². The second kappa shape index (κ2) is 28.6. The van der Waals surface area contributed by atoms with Crippen LogP contribution in [0.1, 0.15) is 183 Å². The molecule has 4 fully saturated rings. The van der Waals surface area contributed by atoms with Gasteiger partial charge in [0.2, 0.25) is 35.4 Å². The number of amides is 6. The number of unbranched alkanes of at least 4 members (excludes halogenated alkanes) is 6. The van der Waals surface area contributed by atoms with Gasteiger partial charge in [0.25, 0.3) is 0 Å². The van der Waals surface area contributed by atoms with Crippen molar-refractivity contribution < 1.29 is 37.2 Å². The van der Waals surface area contributed by atoms with Crippen molar-refractivity contribution in [3.63, 3.8) is 0 Å². The molecule has 3 atom stereocenters. The van der Waals surface area contributed by atoms with Crippen molar-refractivity contribution in [1.82, 2.24) is 31.9 Å². The van der Waals surface area contributed by atoms with E-state index in [0.29, 0.717) is 64.6 Å². The van der Waals surface area contributed by atoms with Crippen molar-refractivity contribution in [3.8, 4) is 0 Å². The van der Waals surface area contributed by atoms with E-state index in [0.717, 1.165) is 80.8 Å². The lowest BCUT2D eigenvalue weighted by Crippen LogP contribution is -2.55. The van der Waals surface area contributed by atoms with Gasteiger partial charge in [-0.25, -0.2) is 8.42 Å². The minimum atomic E-state index is -3.39. The Kier molecular flexibility index (Phi) is 24.6. The Morgan fingerprint density at radius 3 is 1.35 bits per heavy atom. The first-order valence-corrected chi connectivity index (χ1v) is 27.2. The molecule has 4 aliphatic rings. The van der Waals surface area contributed by atoms with E-state index in [1.807, 2.05) is 41.5 Å². The molecular formula is C50H88N6O8S. The predicted octanol–water partition coefficient (Wildman–Crippen LogP) is 6.77. The lowest BCUT2D eigenvalue weighted by atomic mass is 9.49. The molecule has 0 aromatic carbocycles. The predicted molar refractivity (Wildman–Crippen MR) is 258 cm³/mol. The molecule has 14 nitrogen and oxygen atoms in total. The second-order valence-corrected chi connectivity index (χ2v) is 23.4. The Morgan fingerprint density at radius 2 is 0.923 bits per heavy atom. The van der Waals surface area contributed by atoms with E-state index in [2.05, 4.69) is 31.9 Å². The van der Waals surface area contributed by atoms with E-state index < -0.39 is 39.8 Å². The highest BCUT2D eigenvalue weighted by Crippen LogP contribution is 2.61. The summed E-state index contributed by atoms with van der Waals surface area (Å²) in [6, 6.07) is -2.21. The molecule has 4 rings (SSSR count). The van der Waals surface area contributed by atoms with Crippen LogP contribution < -0.4 is 31.9 Å². The standard InChI is InChI=1S/C50H88N6O8S/c1-35(2)25-41(20-24-65(7,63)64)54-48(61)43(27-37(5)6)56-49(62)42(26-36(3)4)55-46(59)19-13-10-15-22-52-44(57)17-11-8-14-21-51-45(58)18-12-9-16-23-53-47(60)34-50-31-38-28-39(32-50)30-40(29-38)33-50/h20,24,35-43H,8-19,21-23,25-34H2,1-7H3,(H,51,58)(H,52,57)(H,53,60)(H,54,61)(H,55,59)(H,56,62)/b24-20-/t38?,39?,40?,41-,42+,43+,50?/m1/s1. The molecule has 4 bridgehead atoms. The first-order chi connectivity index (χ1) is 30.7. The number of nitrogens with one attached hydrogen (secondary N) is 6. The molecule has 0 aromatic heterocycles. The van der Waals surface area contributed by atoms with Gasteiger partial charge >= 0.3 is 0 Å². The Balaban J connectivity index is 1.20. The van der Waals surface area contributed by atoms with Gasteiger partial charge in [-0.15, -0.1) is 0 Å². The zero-order valence-electron chi connectivity index (χ0n) is 41.2. The molecule has 0 aliphatic heterocycles. The van der Waals surface area contributed by atoms with Gasteiger partial charge in [-0.05, 0) is 137 Å². The summed E-state index contributed by atoms with van der Waals surface area (Å²) in [7, 11) is -3.39. The van der Waals surface area contributed by atoms with Crippen molar-refractivity contribution >= 4 is 45.3 Å². The number of rotatable bonds is 33. The fourth-order valence-electron chi connectivity index (χ4n) is 10.7. The third-order valence-electron chi connectivity index (χ3n) is 13.2. The van der Waals surface area contributed by atoms with Crippen LogP contribution in [0, 0.1) is 40.9 Å². The number of carbonyl (C=O) groups is 6. The molecule has 0 aromatic rings. The van der Waals surface area contributed by atoms with Crippen LogP contribution in [0.5, 0.6) is 0 Å². The molecule has 4 aliphatic carbocycles. The lowest BCUT2D eigenvalue weighted by molar-refractivity contribution is -0.132. The summed E-state index contributed by atoms with van der Waals surface area (Å²) in [6.07, 6.45) is 20.7. The highest BCUT2D eigenvalue weighted by molar-refractivity contribution is 7.93. The van der Waals surface area contributed by atoms with E-state index in [-0.39, 0.29) is 53.2 Å². The highest BCUT2D eigenvalue weighted by atomic mass is 32.2. The Bertz CT molecular complexity index is 1630. The van der Waals surface area contributed by atoms with Crippen LogP contribution in [0.25, 0.3) is 0 Å². The van der Waals surface area contributed by atoms with Crippen LogP contribution in [-0.2, 0) is 38.6 Å². The number of sulfone groups is 1. The van der Waals surface area contributed by atoms with Crippen LogP contribution >= 0.6 is 0 Å². The molecule has 372 valence electrons. The van der Waals surface area contributed by atoms with E-state index in [9.17, 15) is 37.2 Å². The van der Waals surface area contributed by atoms with Gasteiger partial charge in [-0.2, -0.15) is 0 Å². The van der Waals surface area contributed by atoms with Crippen molar-refractivity contribution in [2.75, 3.05) is 25.9 Å². The van der Waals surface area contributed by atoms with Crippen molar-refractivity contribution in [2.24, 2.45) is 40.9 Å². The molecule has 0 saturated heterocycles. The monoisotopic (exact) mass is 933 g/mol. The maximum absolute atomic E-state index is 13.5. The Labute approximate surface area is 392 Å². The fourth-order valence-corrected chi connectivity index (χ4v) is 11.2. The minimum absolute atomic E-state index is 0.0106. The summed E-state index contributed by atoms with van der Waals surface area (Å²) in [5.74, 6) is 2.10. The number of hydrogen-bond donors (Lipinski definition) is 6. The van der Waals surface area contributed by atoms with Gasteiger partial charge in [-0.3, -0.25) is 28.8 Å². The normalized spacial score (nSPS) is 21.6. The van der Waals surface area contributed by atoms with Gasteiger partial charge in [0.05, 0.1) is 0 Å². The van der Waals surface area contributed by atoms with Gasteiger partial charge in [-0.1, -0.05) is 66.9 Å². The second-order valence-electron chi connectivity index (χ2n) is 21.4. The van der Waals surface area contributed by atoms with Crippen molar-refractivity contribution in [3.05, 3.63) is 11.5 Å². The zero-order valence-corrected chi connectivity index (χ0v) is 42.0. The van der Waals surface area contributed by atoms with E-state index in [4.69, 9.17) is 0 Å². The summed E-state index contributed by atoms with van der Waals surface area (Å²) < 4.78 is 23.5. The zero-order chi connectivity index (χ0) is 48.0. The number of hydrogen-bond acceptors (Lipinski definition) is 8. The van der Waals surface area contributed by atoms with Crippen LogP contribution in [0.3, 0.4) is 0 Å². The number of carbonyl (C=O) groups excluding carboxylic acids is 6. The van der Waals surface area contributed by atoms with Crippen LogP contribution in [0.15, 0.2) is 11.5 Å². The summed E-state index contributed by atoms with van der Waals surface area (Å²) in [5.41, 5.74) is 0.272. The summed E-state index contributed by atoms with van der Waals surface area (Å²) in [4.78, 5) is 77.3. The molecule has 6 amide bonds. The van der Waals surface area contributed by atoms with Gasteiger partial charge < -0.3 is 31.9 Å². The Morgan fingerprint density at radius 1 is 0.523 bits per heavy atom. The van der Waals surface area contributed by atoms with E-state index in [1.165, 1.54) is 44.6 Å². The van der Waals surface area contributed by atoms with Crippen LogP contribution in [0.4, 0.5) is 0 Å². The van der Waals surface area contributed by atoms with Crippen molar-refractivity contribution in [2.45, 2.75) is 201 Å². The maximum atomic E-state index is 13.5. The molecule has 4 saturated carbocycles. The summed E-state index contributed by atoms with van der Waals surface area (Å²) in [6.45, 7) is 13.6.